The summed E-state index contributed by atoms with van der Waals surface area (Å²) in [4.78, 5) is 19.1. The number of pyridine rings is 1. The van der Waals surface area contributed by atoms with Crippen LogP contribution in [-0.2, 0) is 0 Å². The van der Waals surface area contributed by atoms with E-state index in [1.807, 2.05) is 17.9 Å². The second-order valence-electron chi connectivity index (χ2n) is 5.44. The van der Waals surface area contributed by atoms with Crippen molar-refractivity contribution in [3.8, 4) is 0 Å². The maximum absolute atomic E-state index is 12.8. The minimum absolute atomic E-state index is 0.0776. The summed E-state index contributed by atoms with van der Waals surface area (Å²) >= 11 is 3.41. The van der Waals surface area contributed by atoms with E-state index in [0.717, 1.165) is 24.0 Å². The predicted octanol–water partition coefficient (Wildman–Crippen LogP) is 3.54. The van der Waals surface area contributed by atoms with Crippen molar-refractivity contribution in [3.05, 3.63) is 22.3 Å². The number of carbonyl (C=O) groups excluding carboxylic acids is 1. The normalized spacial score (nSPS) is 22.7. The third kappa shape index (κ3) is 3.14. The summed E-state index contributed by atoms with van der Waals surface area (Å²) in [5.41, 5.74) is 0.655. The van der Waals surface area contributed by atoms with E-state index in [1.165, 1.54) is 6.42 Å². The number of rotatable bonds is 3. The first-order valence-corrected chi connectivity index (χ1v) is 8.04. The van der Waals surface area contributed by atoms with Gasteiger partial charge in [0, 0.05) is 29.8 Å². The Labute approximate surface area is 129 Å². The van der Waals surface area contributed by atoms with Gasteiger partial charge < -0.3 is 10.2 Å². The highest BCUT2D eigenvalue weighted by molar-refractivity contribution is 9.10. The predicted molar refractivity (Wildman–Crippen MR) is 85.0 cm³/mol. The molecule has 1 aromatic heterocycles. The lowest BCUT2D eigenvalue weighted by atomic mass is 9.91. The van der Waals surface area contributed by atoms with Crippen LogP contribution in [0.25, 0.3) is 0 Å². The van der Waals surface area contributed by atoms with Crippen molar-refractivity contribution in [2.45, 2.75) is 39.7 Å². The second kappa shape index (κ2) is 6.57. The van der Waals surface area contributed by atoms with Crippen molar-refractivity contribution in [2.24, 2.45) is 5.92 Å². The maximum Gasteiger partial charge on any atom is 0.257 e. The van der Waals surface area contributed by atoms with Crippen molar-refractivity contribution >= 4 is 27.7 Å². The molecule has 0 saturated carbocycles. The van der Waals surface area contributed by atoms with Crippen LogP contribution in [0.15, 0.2) is 16.7 Å². The Morgan fingerprint density at radius 3 is 3.00 bits per heavy atom. The van der Waals surface area contributed by atoms with Gasteiger partial charge in [-0.25, -0.2) is 4.98 Å². The number of amides is 1. The monoisotopic (exact) mass is 339 g/mol. The number of piperidine rings is 1. The van der Waals surface area contributed by atoms with Gasteiger partial charge in [0.1, 0.15) is 5.82 Å². The van der Waals surface area contributed by atoms with E-state index in [1.54, 1.807) is 6.20 Å². The van der Waals surface area contributed by atoms with Crippen molar-refractivity contribution in [2.75, 3.05) is 18.4 Å². The Bertz CT molecular complexity index is 492. The first-order chi connectivity index (χ1) is 9.54. The number of nitrogens with one attached hydrogen (secondary N) is 1. The standard InChI is InChI=1S/C15H22BrN3O/c1-4-17-14-13(8-12(16)9-18-14)15(20)19-7-5-6-10(2)11(19)3/h8-11H,4-7H2,1-3H3,(H,17,18). The largest absolute Gasteiger partial charge is 0.370 e. The number of carbonyl (C=O) groups is 1. The van der Waals surface area contributed by atoms with E-state index in [9.17, 15) is 4.79 Å². The molecule has 2 heterocycles. The molecule has 0 aromatic carbocycles. The Kier molecular flexibility index (Phi) is 5.02. The first kappa shape index (κ1) is 15.3. The molecule has 1 amide bonds. The minimum Gasteiger partial charge on any atom is -0.370 e. The summed E-state index contributed by atoms with van der Waals surface area (Å²) in [6.45, 7) is 7.95. The van der Waals surface area contributed by atoms with E-state index in [2.05, 4.69) is 40.1 Å². The van der Waals surface area contributed by atoms with Gasteiger partial charge in [0.2, 0.25) is 0 Å². The highest BCUT2D eigenvalue weighted by Crippen LogP contribution is 2.27. The minimum atomic E-state index is 0.0776. The van der Waals surface area contributed by atoms with Crippen LogP contribution < -0.4 is 5.32 Å². The van der Waals surface area contributed by atoms with E-state index < -0.39 is 0 Å². The van der Waals surface area contributed by atoms with Crippen LogP contribution in [0.1, 0.15) is 44.0 Å². The SMILES string of the molecule is CCNc1ncc(Br)cc1C(=O)N1CCCC(C)C1C. The lowest BCUT2D eigenvalue weighted by molar-refractivity contribution is 0.0551. The van der Waals surface area contributed by atoms with Crippen LogP contribution >= 0.6 is 15.9 Å². The summed E-state index contributed by atoms with van der Waals surface area (Å²) in [7, 11) is 0. The van der Waals surface area contributed by atoms with Crippen LogP contribution in [0.4, 0.5) is 5.82 Å². The third-order valence-corrected chi connectivity index (χ3v) is 4.50. The molecule has 1 aliphatic heterocycles. The Balaban J connectivity index is 2.30. The van der Waals surface area contributed by atoms with Crippen LogP contribution in [0, 0.1) is 5.92 Å². The van der Waals surface area contributed by atoms with Crippen LogP contribution in [-0.4, -0.2) is 34.9 Å². The Morgan fingerprint density at radius 1 is 1.55 bits per heavy atom. The lowest BCUT2D eigenvalue weighted by Crippen LogP contribution is -2.46. The molecule has 0 aliphatic carbocycles. The molecule has 4 nitrogen and oxygen atoms in total. The molecule has 1 aromatic rings. The third-order valence-electron chi connectivity index (χ3n) is 4.06. The fraction of sp³-hybridized carbons (Fsp3) is 0.600. The zero-order valence-electron chi connectivity index (χ0n) is 12.3. The number of likely N-dealkylation sites (tertiary alicyclic amines) is 1. The molecule has 110 valence electrons. The van der Waals surface area contributed by atoms with Crippen molar-refractivity contribution in [3.63, 3.8) is 0 Å². The van der Waals surface area contributed by atoms with Gasteiger partial charge in [-0.05, 0) is 54.6 Å². The van der Waals surface area contributed by atoms with Gasteiger partial charge in [-0.2, -0.15) is 0 Å². The lowest BCUT2D eigenvalue weighted by Gasteiger charge is -2.38. The summed E-state index contributed by atoms with van der Waals surface area (Å²) in [5.74, 6) is 1.30. The van der Waals surface area contributed by atoms with Gasteiger partial charge in [-0.15, -0.1) is 0 Å². The molecule has 2 atom stereocenters. The first-order valence-electron chi connectivity index (χ1n) is 7.25. The highest BCUT2D eigenvalue weighted by atomic mass is 79.9. The zero-order valence-corrected chi connectivity index (χ0v) is 13.9. The maximum atomic E-state index is 12.8. The number of nitrogens with zero attached hydrogens (tertiary/aromatic N) is 2. The van der Waals surface area contributed by atoms with Gasteiger partial charge in [0.25, 0.3) is 5.91 Å². The molecule has 0 radical (unpaired) electrons. The molecule has 0 bridgehead atoms. The summed E-state index contributed by atoms with van der Waals surface area (Å²) < 4.78 is 0.834. The van der Waals surface area contributed by atoms with Crippen molar-refractivity contribution < 1.29 is 4.79 Å². The van der Waals surface area contributed by atoms with Crippen LogP contribution in [0.3, 0.4) is 0 Å². The van der Waals surface area contributed by atoms with Gasteiger partial charge in [0.15, 0.2) is 0 Å². The van der Waals surface area contributed by atoms with Gasteiger partial charge in [0.05, 0.1) is 5.56 Å². The van der Waals surface area contributed by atoms with Crippen LogP contribution in [0.2, 0.25) is 0 Å². The molecule has 1 N–H and O–H groups in total. The van der Waals surface area contributed by atoms with E-state index in [0.29, 0.717) is 17.3 Å². The topological polar surface area (TPSA) is 45.2 Å². The summed E-state index contributed by atoms with van der Waals surface area (Å²) in [6, 6.07) is 2.14. The molecule has 1 aliphatic rings. The number of hydrogen-bond acceptors (Lipinski definition) is 3. The van der Waals surface area contributed by atoms with Gasteiger partial charge in [-0.3, -0.25) is 4.79 Å². The zero-order chi connectivity index (χ0) is 14.7. The molecule has 2 unspecified atom stereocenters. The summed E-state index contributed by atoms with van der Waals surface area (Å²) in [5, 5.41) is 3.17. The number of halogens is 1. The average Bonchev–Trinajstić information content (AvgIpc) is 2.43. The van der Waals surface area contributed by atoms with E-state index >= 15 is 0 Å². The fourth-order valence-electron chi connectivity index (χ4n) is 2.69. The van der Waals surface area contributed by atoms with Gasteiger partial charge in [-0.1, -0.05) is 6.92 Å². The molecule has 1 saturated heterocycles. The molecular weight excluding hydrogens is 318 g/mol. The highest BCUT2D eigenvalue weighted by Gasteiger charge is 2.30. The molecule has 0 spiro atoms. The van der Waals surface area contributed by atoms with Crippen molar-refractivity contribution in [1.29, 1.82) is 0 Å². The quantitative estimate of drug-likeness (QED) is 0.915. The number of hydrogen-bond donors (Lipinski definition) is 1. The van der Waals surface area contributed by atoms with E-state index in [-0.39, 0.29) is 11.9 Å². The second-order valence-corrected chi connectivity index (χ2v) is 6.35. The van der Waals surface area contributed by atoms with E-state index in [4.69, 9.17) is 0 Å². The van der Waals surface area contributed by atoms with Crippen molar-refractivity contribution in [1.82, 2.24) is 9.88 Å². The fourth-order valence-corrected chi connectivity index (χ4v) is 3.02. The molecular formula is C15H22BrN3O. The van der Waals surface area contributed by atoms with Gasteiger partial charge >= 0.3 is 0 Å². The molecule has 2 rings (SSSR count). The van der Waals surface area contributed by atoms with Crippen LogP contribution in [0.5, 0.6) is 0 Å². The molecule has 1 fully saturated rings. The average molecular weight is 340 g/mol. The number of aromatic nitrogens is 1. The summed E-state index contributed by atoms with van der Waals surface area (Å²) in [6.07, 6.45) is 3.99. The Hall–Kier alpha value is -1.10. The molecule has 5 heteroatoms. The molecule has 20 heavy (non-hydrogen) atoms. The Morgan fingerprint density at radius 2 is 2.30 bits per heavy atom. The number of anilines is 1. The smallest absolute Gasteiger partial charge is 0.257 e.